The molecule has 0 unspecified atom stereocenters. The molecule has 0 amide bonds. The van der Waals surface area contributed by atoms with Crippen molar-refractivity contribution < 1.29 is 4.74 Å². The van der Waals surface area contributed by atoms with E-state index in [9.17, 15) is 0 Å². The van der Waals surface area contributed by atoms with Gasteiger partial charge in [0.05, 0.1) is 17.8 Å². The number of hydrogen-bond donors (Lipinski definition) is 1. The molecule has 1 saturated heterocycles. The highest BCUT2D eigenvalue weighted by Crippen LogP contribution is 2.28. The molecule has 0 saturated carbocycles. The van der Waals surface area contributed by atoms with Gasteiger partial charge in [-0.05, 0) is 45.1 Å². The van der Waals surface area contributed by atoms with Crippen LogP contribution in [0, 0.1) is 0 Å². The number of piperidine rings is 1. The van der Waals surface area contributed by atoms with Crippen molar-refractivity contribution in [3.05, 3.63) is 23.2 Å². The van der Waals surface area contributed by atoms with Gasteiger partial charge >= 0.3 is 0 Å². The number of methoxy groups -OCH3 is 1. The Kier molecular flexibility index (Phi) is 4.13. The van der Waals surface area contributed by atoms with Crippen LogP contribution in [-0.4, -0.2) is 38.2 Å². The minimum absolute atomic E-state index is 0.510. The van der Waals surface area contributed by atoms with E-state index >= 15 is 0 Å². The number of anilines is 1. The van der Waals surface area contributed by atoms with Gasteiger partial charge in [-0.2, -0.15) is 0 Å². The molecule has 3 nitrogen and oxygen atoms in total. The molecule has 1 N–H and O–H groups in total. The van der Waals surface area contributed by atoms with E-state index in [0.717, 1.165) is 42.4 Å². The predicted octanol–water partition coefficient (Wildman–Crippen LogP) is 2.85. The zero-order valence-electron chi connectivity index (χ0n) is 10.4. The van der Waals surface area contributed by atoms with Gasteiger partial charge in [0, 0.05) is 12.1 Å². The van der Waals surface area contributed by atoms with Crippen LogP contribution in [0.15, 0.2) is 18.2 Å². The SMILES string of the molecule is COc1ccc(Cl)c(NC2CCN(C)CC2)c1. The number of halogens is 1. The minimum Gasteiger partial charge on any atom is -0.497 e. The maximum atomic E-state index is 6.17. The normalized spacial score (nSPS) is 18.1. The van der Waals surface area contributed by atoms with E-state index in [1.54, 1.807) is 7.11 Å². The second kappa shape index (κ2) is 5.61. The third-order valence-corrected chi connectivity index (χ3v) is 3.58. The van der Waals surface area contributed by atoms with E-state index in [0.29, 0.717) is 6.04 Å². The van der Waals surface area contributed by atoms with Gasteiger partial charge in [-0.3, -0.25) is 0 Å². The fourth-order valence-electron chi connectivity index (χ4n) is 2.11. The lowest BCUT2D eigenvalue weighted by molar-refractivity contribution is 0.264. The average Bonchev–Trinajstić information content (AvgIpc) is 2.35. The molecule has 0 radical (unpaired) electrons. The van der Waals surface area contributed by atoms with Gasteiger partial charge in [0.15, 0.2) is 0 Å². The molecule has 1 aliphatic heterocycles. The summed E-state index contributed by atoms with van der Waals surface area (Å²) in [7, 11) is 3.83. The molecule has 1 aliphatic rings. The molecule has 0 aliphatic carbocycles. The molecule has 1 aromatic carbocycles. The number of hydrogen-bond acceptors (Lipinski definition) is 3. The summed E-state index contributed by atoms with van der Waals surface area (Å²) in [5, 5.41) is 4.26. The molecular weight excluding hydrogens is 236 g/mol. The van der Waals surface area contributed by atoms with E-state index < -0.39 is 0 Å². The van der Waals surface area contributed by atoms with Crippen LogP contribution in [0.4, 0.5) is 5.69 Å². The van der Waals surface area contributed by atoms with Gasteiger partial charge in [-0.1, -0.05) is 11.6 Å². The second-order valence-corrected chi connectivity index (χ2v) is 4.97. The van der Waals surface area contributed by atoms with Gasteiger partial charge in [-0.15, -0.1) is 0 Å². The number of nitrogens with zero attached hydrogens (tertiary/aromatic N) is 1. The van der Waals surface area contributed by atoms with Crippen molar-refractivity contribution >= 4 is 17.3 Å². The third kappa shape index (κ3) is 3.27. The zero-order chi connectivity index (χ0) is 12.3. The highest BCUT2D eigenvalue weighted by molar-refractivity contribution is 6.33. The Labute approximate surface area is 108 Å². The van der Waals surface area contributed by atoms with Crippen LogP contribution >= 0.6 is 11.6 Å². The van der Waals surface area contributed by atoms with Crippen molar-refractivity contribution in [3.63, 3.8) is 0 Å². The summed E-state index contributed by atoms with van der Waals surface area (Å²) in [6, 6.07) is 6.22. The topological polar surface area (TPSA) is 24.5 Å². The maximum absolute atomic E-state index is 6.17. The van der Waals surface area contributed by atoms with Gasteiger partial charge < -0.3 is 15.0 Å². The third-order valence-electron chi connectivity index (χ3n) is 3.25. The molecule has 94 valence electrons. The molecule has 0 aromatic heterocycles. The fraction of sp³-hybridized carbons (Fsp3) is 0.538. The monoisotopic (exact) mass is 254 g/mol. The van der Waals surface area contributed by atoms with Crippen molar-refractivity contribution in [2.75, 3.05) is 32.6 Å². The molecule has 17 heavy (non-hydrogen) atoms. The highest BCUT2D eigenvalue weighted by Gasteiger charge is 2.17. The van der Waals surface area contributed by atoms with Crippen LogP contribution in [0.25, 0.3) is 0 Å². The summed E-state index contributed by atoms with van der Waals surface area (Å²) < 4.78 is 5.21. The molecule has 4 heteroatoms. The van der Waals surface area contributed by atoms with Crippen LogP contribution < -0.4 is 10.1 Å². The van der Waals surface area contributed by atoms with Crippen molar-refractivity contribution in [1.82, 2.24) is 4.90 Å². The Morgan fingerprint density at radius 1 is 1.35 bits per heavy atom. The van der Waals surface area contributed by atoms with Crippen molar-refractivity contribution in [2.45, 2.75) is 18.9 Å². The average molecular weight is 255 g/mol. The lowest BCUT2D eigenvalue weighted by Gasteiger charge is -2.30. The number of nitrogens with one attached hydrogen (secondary N) is 1. The van der Waals surface area contributed by atoms with Crippen LogP contribution in [-0.2, 0) is 0 Å². The number of likely N-dealkylation sites (tertiary alicyclic amines) is 1. The summed E-state index contributed by atoms with van der Waals surface area (Å²) >= 11 is 6.17. The first kappa shape index (κ1) is 12.5. The first-order valence-electron chi connectivity index (χ1n) is 5.97. The first-order valence-corrected chi connectivity index (χ1v) is 6.35. The van der Waals surface area contributed by atoms with Gasteiger partial charge in [0.1, 0.15) is 5.75 Å². The molecule has 1 fully saturated rings. The van der Waals surface area contributed by atoms with Crippen molar-refractivity contribution in [3.8, 4) is 5.75 Å². The standard InChI is InChI=1S/C13H19ClN2O/c1-16-7-5-10(6-8-16)15-13-9-11(17-2)3-4-12(13)14/h3-4,9-10,15H,5-8H2,1-2H3. The van der Waals surface area contributed by atoms with Crippen molar-refractivity contribution in [1.29, 1.82) is 0 Å². The van der Waals surface area contributed by atoms with E-state index in [1.165, 1.54) is 0 Å². The maximum Gasteiger partial charge on any atom is 0.121 e. The van der Waals surface area contributed by atoms with Gasteiger partial charge in [-0.25, -0.2) is 0 Å². The highest BCUT2D eigenvalue weighted by atomic mass is 35.5. The quantitative estimate of drug-likeness (QED) is 0.898. The van der Waals surface area contributed by atoms with Crippen molar-refractivity contribution in [2.24, 2.45) is 0 Å². The summed E-state index contributed by atoms with van der Waals surface area (Å²) in [5.41, 5.74) is 0.973. The molecule has 2 rings (SSSR count). The Balaban J connectivity index is 2.02. The summed E-state index contributed by atoms with van der Waals surface area (Å²) in [5.74, 6) is 0.838. The summed E-state index contributed by atoms with van der Waals surface area (Å²) in [6.45, 7) is 2.28. The largest absolute Gasteiger partial charge is 0.497 e. The first-order chi connectivity index (χ1) is 8.19. The number of ether oxygens (including phenoxy) is 1. The van der Waals surface area contributed by atoms with E-state index in [2.05, 4.69) is 17.3 Å². The smallest absolute Gasteiger partial charge is 0.121 e. The van der Waals surface area contributed by atoms with Crippen LogP contribution in [0.2, 0.25) is 5.02 Å². The summed E-state index contributed by atoms with van der Waals surface area (Å²) in [4.78, 5) is 2.35. The van der Waals surface area contributed by atoms with Gasteiger partial charge in [0.2, 0.25) is 0 Å². The van der Waals surface area contributed by atoms with Crippen LogP contribution in [0.1, 0.15) is 12.8 Å². The Morgan fingerprint density at radius 3 is 2.71 bits per heavy atom. The molecule has 0 bridgehead atoms. The molecule has 0 spiro atoms. The lowest BCUT2D eigenvalue weighted by Crippen LogP contribution is -2.36. The Hall–Kier alpha value is -0.930. The second-order valence-electron chi connectivity index (χ2n) is 4.57. The van der Waals surface area contributed by atoms with Gasteiger partial charge in [0.25, 0.3) is 0 Å². The molecule has 0 atom stereocenters. The Morgan fingerprint density at radius 2 is 2.06 bits per heavy atom. The minimum atomic E-state index is 0.510. The fourth-order valence-corrected chi connectivity index (χ4v) is 2.29. The Bertz CT molecular complexity index is 376. The van der Waals surface area contributed by atoms with Crippen LogP contribution in [0.3, 0.4) is 0 Å². The molecule has 1 aromatic rings. The van der Waals surface area contributed by atoms with Crippen LogP contribution in [0.5, 0.6) is 5.75 Å². The number of rotatable bonds is 3. The predicted molar refractivity (Wildman–Crippen MR) is 72.1 cm³/mol. The molecular formula is C13H19ClN2O. The zero-order valence-corrected chi connectivity index (χ0v) is 11.1. The summed E-state index contributed by atoms with van der Waals surface area (Å²) in [6.07, 6.45) is 2.31. The number of benzene rings is 1. The lowest BCUT2D eigenvalue weighted by atomic mass is 10.1. The van der Waals surface area contributed by atoms with E-state index in [1.807, 2.05) is 18.2 Å². The van der Waals surface area contributed by atoms with E-state index in [4.69, 9.17) is 16.3 Å². The van der Waals surface area contributed by atoms with E-state index in [-0.39, 0.29) is 0 Å². The molecule has 1 heterocycles.